The quantitative estimate of drug-likeness (QED) is 0.830. The lowest BCUT2D eigenvalue weighted by Crippen LogP contribution is -2.02. The minimum absolute atomic E-state index is 0.355. The molecule has 90 valence electrons. The summed E-state index contributed by atoms with van der Waals surface area (Å²) >= 11 is 1.32. The Labute approximate surface area is 102 Å². The predicted octanol–water partition coefficient (Wildman–Crippen LogP) is 1.17. The molecule has 0 saturated heterocycles. The topological polar surface area (TPSA) is 63.8 Å². The van der Waals surface area contributed by atoms with Crippen LogP contribution in [0.3, 0.4) is 0 Å². The smallest absolute Gasteiger partial charge is 0.209 e. The zero-order chi connectivity index (χ0) is 12.3. The van der Waals surface area contributed by atoms with Crippen molar-refractivity contribution >= 4 is 11.8 Å². The molecule has 0 saturated carbocycles. The first-order chi connectivity index (χ1) is 8.16. The van der Waals surface area contributed by atoms with E-state index in [1.807, 2.05) is 0 Å². The van der Waals surface area contributed by atoms with E-state index in [1.54, 1.807) is 19.2 Å². The van der Waals surface area contributed by atoms with Gasteiger partial charge in [-0.2, -0.15) is 0 Å². The van der Waals surface area contributed by atoms with E-state index in [2.05, 4.69) is 15.5 Å². The van der Waals surface area contributed by atoms with Crippen LogP contribution in [0.5, 0.6) is 0 Å². The number of aliphatic hydroxyl groups is 1. The third-order valence-electron chi connectivity index (χ3n) is 2.19. The molecule has 0 radical (unpaired) electrons. The Hall–Kier alpha value is -1.47. The van der Waals surface area contributed by atoms with Crippen molar-refractivity contribution in [2.75, 3.05) is 5.75 Å². The molecule has 1 heterocycles. The van der Waals surface area contributed by atoms with E-state index in [0.29, 0.717) is 16.5 Å². The molecule has 17 heavy (non-hydrogen) atoms. The maximum absolute atomic E-state index is 13.0. The highest BCUT2D eigenvalue weighted by Gasteiger charge is 2.11. The molecular formula is C10H11FN4OS. The fourth-order valence-electron chi connectivity index (χ4n) is 1.31. The Bertz CT molecular complexity index is 505. The zero-order valence-corrected chi connectivity index (χ0v) is 9.93. The van der Waals surface area contributed by atoms with Crippen molar-refractivity contribution in [1.29, 1.82) is 0 Å². The third-order valence-corrected chi connectivity index (χ3v) is 3.27. The van der Waals surface area contributed by atoms with Crippen LogP contribution >= 0.6 is 11.8 Å². The first-order valence-corrected chi connectivity index (χ1v) is 5.94. The Morgan fingerprint density at radius 2 is 2.35 bits per heavy atom. The number of halogens is 1. The van der Waals surface area contributed by atoms with Gasteiger partial charge in [0.15, 0.2) is 0 Å². The van der Waals surface area contributed by atoms with Gasteiger partial charge in [0, 0.05) is 12.8 Å². The molecule has 0 aliphatic carbocycles. The summed E-state index contributed by atoms with van der Waals surface area (Å²) in [6.45, 7) is 0. The van der Waals surface area contributed by atoms with E-state index in [1.165, 1.54) is 28.6 Å². The molecule has 2 rings (SSSR count). The van der Waals surface area contributed by atoms with E-state index < -0.39 is 6.10 Å². The van der Waals surface area contributed by atoms with Gasteiger partial charge < -0.3 is 5.11 Å². The van der Waals surface area contributed by atoms with Crippen LogP contribution in [-0.2, 0) is 7.05 Å². The van der Waals surface area contributed by atoms with Crippen molar-refractivity contribution in [3.63, 3.8) is 0 Å². The number of hydrogen-bond donors (Lipinski definition) is 1. The second-order valence-electron chi connectivity index (χ2n) is 3.47. The number of tetrazole rings is 1. The predicted molar refractivity (Wildman–Crippen MR) is 60.9 cm³/mol. The molecule has 1 aromatic carbocycles. The van der Waals surface area contributed by atoms with Crippen LogP contribution in [0.1, 0.15) is 11.7 Å². The number of rotatable bonds is 4. The molecule has 1 aromatic heterocycles. The summed E-state index contributed by atoms with van der Waals surface area (Å²) in [5.74, 6) is 0.0179. The Kier molecular flexibility index (Phi) is 3.70. The zero-order valence-electron chi connectivity index (χ0n) is 9.12. The number of aliphatic hydroxyl groups excluding tert-OH is 1. The number of benzene rings is 1. The first-order valence-electron chi connectivity index (χ1n) is 4.95. The number of hydrogen-bond acceptors (Lipinski definition) is 5. The van der Waals surface area contributed by atoms with E-state index in [9.17, 15) is 9.50 Å². The first kappa shape index (κ1) is 12.0. The molecule has 5 nitrogen and oxygen atoms in total. The largest absolute Gasteiger partial charge is 0.388 e. The number of aromatic nitrogens is 4. The molecule has 1 N–H and O–H groups in total. The molecule has 0 amide bonds. The maximum Gasteiger partial charge on any atom is 0.209 e. The van der Waals surface area contributed by atoms with Crippen LogP contribution in [-0.4, -0.2) is 31.1 Å². The SMILES string of the molecule is Cn1nnnc1SCC(O)c1cccc(F)c1. The van der Waals surface area contributed by atoms with E-state index in [0.717, 1.165) is 0 Å². The summed E-state index contributed by atoms with van der Waals surface area (Å²) in [4.78, 5) is 0. The number of aryl methyl sites for hydroxylation is 1. The summed E-state index contributed by atoms with van der Waals surface area (Å²) in [6.07, 6.45) is -0.743. The second-order valence-corrected chi connectivity index (χ2v) is 4.45. The van der Waals surface area contributed by atoms with Crippen LogP contribution in [0.15, 0.2) is 29.4 Å². The molecule has 0 aliphatic rings. The normalized spacial score (nSPS) is 12.6. The minimum atomic E-state index is -0.743. The monoisotopic (exact) mass is 254 g/mol. The summed E-state index contributed by atoms with van der Waals surface area (Å²) in [7, 11) is 1.72. The lowest BCUT2D eigenvalue weighted by Gasteiger charge is -2.09. The van der Waals surface area contributed by atoms with Crippen molar-refractivity contribution in [2.24, 2.45) is 7.05 Å². The second kappa shape index (κ2) is 5.24. The van der Waals surface area contributed by atoms with Gasteiger partial charge in [-0.15, -0.1) is 5.10 Å². The third kappa shape index (κ3) is 3.01. The fraction of sp³-hybridized carbons (Fsp3) is 0.300. The molecule has 1 atom stereocenters. The number of thioether (sulfide) groups is 1. The van der Waals surface area contributed by atoms with Crippen molar-refractivity contribution in [1.82, 2.24) is 20.2 Å². The molecule has 0 aliphatic heterocycles. The van der Waals surface area contributed by atoms with Gasteiger partial charge in [-0.3, -0.25) is 0 Å². The van der Waals surface area contributed by atoms with Gasteiger partial charge in [0.05, 0.1) is 6.10 Å². The molecular weight excluding hydrogens is 243 g/mol. The molecule has 0 fully saturated rings. The Morgan fingerprint density at radius 1 is 1.53 bits per heavy atom. The van der Waals surface area contributed by atoms with Gasteiger partial charge in [-0.25, -0.2) is 9.07 Å². The lowest BCUT2D eigenvalue weighted by molar-refractivity contribution is 0.203. The standard InChI is InChI=1S/C10H11FN4OS/c1-15-10(12-13-14-15)17-6-9(16)7-3-2-4-8(11)5-7/h2-5,9,16H,6H2,1H3. The summed E-state index contributed by atoms with van der Waals surface area (Å²) in [5.41, 5.74) is 0.549. The highest BCUT2D eigenvalue weighted by molar-refractivity contribution is 7.99. The van der Waals surface area contributed by atoms with E-state index in [-0.39, 0.29) is 5.82 Å². The van der Waals surface area contributed by atoms with Crippen LogP contribution < -0.4 is 0 Å². The summed E-state index contributed by atoms with van der Waals surface area (Å²) in [6, 6.07) is 5.92. The van der Waals surface area contributed by atoms with Gasteiger partial charge in [-0.1, -0.05) is 23.9 Å². The van der Waals surface area contributed by atoms with E-state index >= 15 is 0 Å². The molecule has 2 aromatic rings. The van der Waals surface area contributed by atoms with Crippen molar-refractivity contribution in [3.05, 3.63) is 35.6 Å². The van der Waals surface area contributed by atoms with Crippen LogP contribution in [0.4, 0.5) is 4.39 Å². The number of nitrogens with zero attached hydrogens (tertiary/aromatic N) is 4. The molecule has 7 heteroatoms. The Morgan fingerprint density at radius 3 is 3.00 bits per heavy atom. The van der Waals surface area contributed by atoms with Crippen LogP contribution in [0, 0.1) is 5.82 Å². The highest BCUT2D eigenvalue weighted by Crippen LogP contribution is 2.22. The van der Waals surface area contributed by atoms with Gasteiger partial charge >= 0.3 is 0 Å². The molecule has 0 spiro atoms. The van der Waals surface area contributed by atoms with Crippen molar-refractivity contribution in [2.45, 2.75) is 11.3 Å². The van der Waals surface area contributed by atoms with Gasteiger partial charge in [-0.05, 0) is 28.1 Å². The minimum Gasteiger partial charge on any atom is -0.388 e. The average molecular weight is 254 g/mol. The van der Waals surface area contributed by atoms with Gasteiger partial charge in [0.2, 0.25) is 5.16 Å². The van der Waals surface area contributed by atoms with Crippen LogP contribution in [0.25, 0.3) is 0 Å². The van der Waals surface area contributed by atoms with Crippen molar-refractivity contribution < 1.29 is 9.50 Å². The van der Waals surface area contributed by atoms with Crippen molar-refractivity contribution in [3.8, 4) is 0 Å². The average Bonchev–Trinajstić information content (AvgIpc) is 2.72. The Balaban J connectivity index is 1.98. The van der Waals surface area contributed by atoms with E-state index in [4.69, 9.17) is 0 Å². The fourth-order valence-corrected chi connectivity index (χ4v) is 2.12. The molecule has 0 bridgehead atoms. The lowest BCUT2D eigenvalue weighted by atomic mass is 10.1. The van der Waals surface area contributed by atoms with Crippen LogP contribution in [0.2, 0.25) is 0 Å². The maximum atomic E-state index is 13.0. The molecule has 1 unspecified atom stereocenters. The van der Waals surface area contributed by atoms with Gasteiger partial charge in [0.25, 0.3) is 0 Å². The van der Waals surface area contributed by atoms with Gasteiger partial charge in [0.1, 0.15) is 5.82 Å². The highest BCUT2D eigenvalue weighted by atomic mass is 32.2. The summed E-state index contributed by atoms with van der Waals surface area (Å²) in [5, 5.41) is 21.4. The summed E-state index contributed by atoms with van der Waals surface area (Å²) < 4.78 is 14.5.